The number of para-hydroxylation sites is 1. The fourth-order valence-corrected chi connectivity index (χ4v) is 3.17. The molecule has 0 spiro atoms. The molecule has 132 valence electrons. The van der Waals surface area contributed by atoms with Gasteiger partial charge in [0, 0.05) is 6.07 Å². The lowest BCUT2D eigenvalue weighted by Gasteiger charge is -2.21. The lowest BCUT2D eigenvalue weighted by atomic mass is 10.1. The lowest BCUT2D eigenvalue weighted by molar-refractivity contribution is -0.121. The smallest absolute Gasteiger partial charge is 0.263 e. The van der Waals surface area contributed by atoms with E-state index in [1.54, 1.807) is 18.2 Å². The first kappa shape index (κ1) is 16.1. The molecule has 0 aliphatic carbocycles. The van der Waals surface area contributed by atoms with Crippen molar-refractivity contribution >= 4 is 23.2 Å². The van der Waals surface area contributed by atoms with E-state index in [-0.39, 0.29) is 5.91 Å². The summed E-state index contributed by atoms with van der Waals surface area (Å²) in [5.41, 5.74) is 1.12. The summed E-state index contributed by atoms with van der Waals surface area (Å²) < 4.78 is 10.5. The molecule has 4 rings (SSSR count). The number of nitrogens with zero attached hydrogens (tertiary/aromatic N) is 4. The zero-order valence-electron chi connectivity index (χ0n) is 14.2. The molecule has 2 aromatic rings. The van der Waals surface area contributed by atoms with Crippen molar-refractivity contribution in [3.8, 4) is 11.5 Å². The maximum atomic E-state index is 13.0. The summed E-state index contributed by atoms with van der Waals surface area (Å²) in [6.07, 6.45) is 0. The zero-order chi connectivity index (χ0) is 18.3. The predicted octanol–water partition coefficient (Wildman–Crippen LogP) is 2.20. The van der Waals surface area contributed by atoms with Gasteiger partial charge in [0.05, 0.1) is 25.6 Å². The highest BCUT2D eigenvalue weighted by molar-refractivity contribution is 6.26. The molecule has 2 amide bonds. The number of hydrogen-bond acceptors (Lipinski definition) is 7. The molecule has 0 aromatic heterocycles. The highest BCUT2D eigenvalue weighted by atomic mass is 16.5. The van der Waals surface area contributed by atoms with Crippen molar-refractivity contribution in [3.05, 3.63) is 48.5 Å². The second kappa shape index (κ2) is 6.14. The minimum absolute atomic E-state index is 0.374. The summed E-state index contributed by atoms with van der Waals surface area (Å²) in [6.45, 7) is 0. The van der Waals surface area contributed by atoms with Crippen LogP contribution in [0.15, 0.2) is 58.9 Å². The van der Waals surface area contributed by atoms with Crippen molar-refractivity contribution in [2.45, 2.75) is 12.1 Å². The second-order valence-electron chi connectivity index (χ2n) is 5.83. The minimum atomic E-state index is -0.851. The van der Waals surface area contributed by atoms with E-state index in [0.29, 0.717) is 22.9 Å². The van der Waals surface area contributed by atoms with Gasteiger partial charge in [-0.05, 0) is 24.3 Å². The van der Waals surface area contributed by atoms with Gasteiger partial charge in [-0.2, -0.15) is 5.11 Å². The van der Waals surface area contributed by atoms with Crippen molar-refractivity contribution in [1.82, 2.24) is 0 Å². The van der Waals surface area contributed by atoms with Gasteiger partial charge in [0.1, 0.15) is 0 Å². The molecule has 0 saturated carbocycles. The summed E-state index contributed by atoms with van der Waals surface area (Å²) >= 11 is 0. The number of rotatable bonds is 4. The van der Waals surface area contributed by atoms with Crippen LogP contribution in [0.5, 0.6) is 11.5 Å². The summed E-state index contributed by atoms with van der Waals surface area (Å²) in [5, 5.41) is 9.54. The molecule has 0 unspecified atom stereocenters. The lowest BCUT2D eigenvalue weighted by Crippen LogP contribution is -2.39. The summed E-state index contributed by atoms with van der Waals surface area (Å²) in [4.78, 5) is 26.9. The topological polar surface area (TPSA) is 83.8 Å². The number of amides is 2. The van der Waals surface area contributed by atoms with Gasteiger partial charge in [0.2, 0.25) is 0 Å². The Kier molecular flexibility index (Phi) is 3.80. The number of hydrogen-bond donors (Lipinski definition) is 0. The van der Waals surface area contributed by atoms with E-state index in [2.05, 4.69) is 10.3 Å². The number of ether oxygens (including phenoxy) is 2. The Morgan fingerprint density at radius 1 is 0.885 bits per heavy atom. The maximum Gasteiger partial charge on any atom is 0.263 e. The third kappa shape index (κ3) is 2.30. The first-order valence-electron chi connectivity index (χ1n) is 8.00. The Labute approximate surface area is 149 Å². The van der Waals surface area contributed by atoms with Crippen molar-refractivity contribution < 1.29 is 19.1 Å². The molecule has 0 bridgehead atoms. The van der Waals surface area contributed by atoms with Gasteiger partial charge in [-0.3, -0.25) is 9.59 Å². The second-order valence-corrected chi connectivity index (χ2v) is 5.83. The van der Waals surface area contributed by atoms with Gasteiger partial charge in [0.15, 0.2) is 23.6 Å². The molecule has 1 fully saturated rings. The molecule has 1 saturated heterocycles. The van der Waals surface area contributed by atoms with Crippen LogP contribution >= 0.6 is 0 Å². The van der Waals surface area contributed by atoms with Crippen molar-refractivity contribution in [3.63, 3.8) is 0 Å². The molecule has 8 nitrogen and oxygen atoms in total. The Morgan fingerprint density at radius 3 is 2.31 bits per heavy atom. The largest absolute Gasteiger partial charge is 0.493 e. The summed E-state index contributed by atoms with van der Waals surface area (Å²) in [6, 6.07) is 12.4. The number of fused-ring (bicyclic) bond motifs is 1. The third-order valence-electron chi connectivity index (χ3n) is 4.43. The number of methoxy groups -OCH3 is 2. The standard InChI is InChI=1S/C18H16N4O4/c1-25-13-9-8-12(10-14(13)26-2)21-17(23)15-16(18(21)24)22(20-19-15)11-6-4-3-5-7-11/h3-10,15-16H,1-2H3/t15-,16-/m0/s1. The summed E-state index contributed by atoms with van der Waals surface area (Å²) in [5.74, 6) is 0.167. The fraction of sp³-hybridized carbons (Fsp3) is 0.222. The fourth-order valence-electron chi connectivity index (χ4n) is 3.17. The van der Waals surface area contributed by atoms with Crippen molar-refractivity contribution in [2.24, 2.45) is 10.3 Å². The van der Waals surface area contributed by atoms with E-state index >= 15 is 0 Å². The average molecular weight is 352 g/mol. The van der Waals surface area contributed by atoms with E-state index in [9.17, 15) is 9.59 Å². The number of carbonyl (C=O) groups excluding carboxylic acids is 2. The maximum absolute atomic E-state index is 13.0. The van der Waals surface area contributed by atoms with Gasteiger partial charge in [-0.15, -0.1) is 0 Å². The van der Waals surface area contributed by atoms with Crippen LogP contribution in [0.3, 0.4) is 0 Å². The van der Waals surface area contributed by atoms with Crippen LogP contribution in [0.1, 0.15) is 0 Å². The van der Waals surface area contributed by atoms with Crippen LogP contribution in [0.2, 0.25) is 0 Å². The van der Waals surface area contributed by atoms with E-state index in [4.69, 9.17) is 9.47 Å². The molecular formula is C18H16N4O4. The quantitative estimate of drug-likeness (QED) is 0.788. The normalized spacial score (nSPS) is 21.3. The molecular weight excluding hydrogens is 336 g/mol. The van der Waals surface area contributed by atoms with Gasteiger partial charge in [0.25, 0.3) is 11.8 Å². The SMILES string of the molecule is COc1ccc(N2C(=O)[C@H]3N=NN(c4ccccc4)[C@@H]3C2=O)cc1OC. The van der Waals surface area contributed by atoms with Gasteiger partial charge >= 0.3 is 0 Å². The monoisotopic (exact) mass is 352 g/mol. The third-order valence-corrected chi connectivity index (χ3v) is 4.43. The highest BCUT2D eigenvalue weighted by Gasteiger charge is 2.55. The first-order chi connectivity index (χ1) is 12.7. The molecule has 2 aromatic carbocycles. The molecule has 8 heteroatoms. The van der Waals surface area contributed by atoms with Crippen LogP contribution < -0.4 is 19.4 Å². The molecule has 0 N–H and O–H groups in total. The molecule has 2 aliphatic heterocycles. The number of imide groups is 1. The van der Waals surface area contributed by atoms with Crippen LogP contribution in [0.4, 0.5) is 11.4 Å². The first-order valence-corrected chi connectivity index (χ1v) is 8.00. The Hall–Kier alpha value is -3.42. The van der Waals surface area contributed by atoms with Crippen LogP contribution in [0.25, 0.3) is 0 Å². The molecule has 2 heterocycles. The van der Waals surface area contributed by atoms with E-state index < -0.39 is 18.0 Å². The number of anilines is 2. The zero-order valence-corrected chi connectivity index (χ0v) is 14.2. The average Bonchev–Trinajstić information content (AvgIpc) is 3.22. The molecule has 2 atom stereocenters. The van der Waals surface area contributed by atoms with Gasteiger partial charge < -0.3 is 9.47 Å². The van der Waals surface area contributed by atoms with Crippen molar-refractivity contribution in [1.29, 1.82) is 0 Å². The van der Waals surface area contributed by atoms with Gasteiger partial charge in [-0.1, -0.05) is 23.4 Å². The Bertz CT molecular complexity index is 899. The summed E-state index contributed by atoms with van der Waals surface area (Å²) in [7, 11) is 3.02. The van der Waals surface area contributed by atoms with E-state index in [1.165, 1.54) is 19.2 Å². The number of carbonyl (C=O) groups is 2. The molecule has 26 heavy (non-hydrogen) atoms. The Balaban J connectivity index is 1.70. The molecule has 0 radical (unpaired) electrons. The minimum Gasteiger partial charge on any atom is -0.493 e. The highest BCUT2D eigenvalue weighted by Crippen LogP contribution is 2.37. The van der Waals surface area contributed by atoms with E-state index in [0.717, 1.165) is 4.90 Å². The van der Waals surface area contributed by atoms with Crippen LogP contribution in [-0.2, 0) is 9.59 Å². The Morgan fingerprint density at radius 2 is 1.62 bits per heavy atom. The van der Waals surface area contributed by atoms with E-state index in [1.807, 2.05) is 30.3 Å². The predicted molar refractivity (Wildman–Crippen MR) is 93.4 cm³/mol. The number of benzene rings is 2. The van der Waals surface area contributed by atoms with Crippen molar-refractivity contribution in [2.75, 3.05) is 24.1 Å². The van der Waals surface area contributed by atoms with Crippen LogP contribution in [-0.4, -0.2) is 38.1 Å². The van der Waals surface area contributed by atoms with Crippen LogP contribution in [0, 0.1) is 0 Å². The van der Waals surface area contributed by atoms with Gasteiger partial charge in [-0.25, -0.2) is 9.91 Å². The molecule has 2 aliphatic rings.